The molecule has 3 atom stereocenters. The summed E-state index contributed by atoms with van der Waals surface area (Å²) in [6.45, 7) is 1.78. The highest BCUT2D eigenvalue weighted by molar-refractivity contribution is 8.00. The Kier molecular flexibility index (Phi) is 8.82. The van der Waals surface area contributed by atoms with Crippen molar-refractivity contribution in [1.29, 1.82) is 0 Å². The van der Waals surface area contributed by atoms with Crippen molar-refractivity contribution in [3.63, 3.8) is 0 Å². The molecule has 0 bridgehead atoms. The molecule has 2 aliphatic heterocycles. The Morgan fingerprint density at radius 2 is 2.16 bits per heavy atom. The fourth-order valence-electron chi connectivity index (χ4n) is 3.72. The summed E-state index contributed by atoms with van der Waals surface area (Å²) in [6, 6.07) is -1.07. The minimum Gasteiger partial charge on any atom is -0.477 e. The number of primary amides is 1. The third kappa shape index (κ3) is 6.23. The number of alkyl halides is 1. The largest absolute Gasteiger partial charge is 0.477 e. The van der Waals surface area contributed by atoms with Gasteiger partial charge in [-0.2, -0.15) is 9.36 Å². The van der Waals surface area contributed by atoms with Gasteiger partial charge in [-0.25, -0.2) is 9.18 Å². The van der Waals surface area contributed by atoms with Gasteiger partial charge in [-0.05, 0) is 18.6 Å². The summed E-state index contributed by atoms with van der Waals surface area (Å²) in [4.78, 5) is 58.4. The number of nitrogen functional groups attached to an aromatic ring is 1. The third-order valence-electron chi connectivity index (χ3n) is 5.73. The number of carbonyl (C=O) groups is 4. The molecule has 2 aliphatic rings. The summed E-state index contributed by atoms with van der Waals surface area (Å²) in [6.07, 6.45) is 3.37. The Bertz CT molecular complexity index is 1190. The van der Waals surface area contributed by atoms with Crippen LogP contribution in [0.15, 0.2) is 28.6 Å². The molecule has 6 N–H and O–H groups in total. The van der Waals surface area contributed by atoms with Crippen molar-refractivity contribution in [1.82, 2.24) is 19.6 Å². The van der Waals surface area contributed by atoms with Crippen molar-refractivity contribution in [2.75, 3.05) is 45.0 Å². The molecule has 1 aromatic heterocycles. The number of β-lactam (4-membered cyclic amide) rings is 1. The van der Waals surface area contributed by atoms with Crippen molar-refractivity contribution in [2.24, 2.45) is 10.9 Å². The molecule has 3 amide bonds. The van der Waals surface area contributed by atoms with Crippen LogP contribution in [-0.4, -0.2) is 104 Å². The number of fused-ring (bicyclic) bond motifs is 1. The monoisotopic (exact) mass is 557 g/mol. The molecule has 14 nitrogen and oxygen atoms in total. The smallest absolute Gasteiger partial charge is 0.352 e. The lowest BCUT2D eigenvalue weighted by molar-refractivity contribution is -0.894. The van der Waals surface area contributed by atoms with Gasteiger partial charge in [0.1, 0.15) is 17.1 Å². The predicted molar refractivity (Wildman–Crippen MR) is 132 cm³/mol. The number of hydrogen-bond donors (Lipinski definition) is 4. The van der Waals surface area contributed by atoms with E-state index in [-0.39, 0.29) is 29.0 Å². The van der Waals surface area contributed by atoms with Gasteiger partial charge in [-0.1, -0.05) is 11.2 Å². The molecule has 0 saturated carbocycles. The maximum absolute atomic E-state index is 12.9. The van der Waals surface area contributed by atoms with Crippen molar-refractivity contribution in [3.8, 4) is 0 Å². The van der Waals surface area contributed by atoms with E-state index in [0.29, 0.717) is 23.1 Å². The number of quaternary nitrogens is 1. The van der Waals surface area contributed by atoms with Crippen LogP contribution in [0.2, 0.25) is 0 Å². The fraction of sp³-hybridized carbons (Fsp3) is 0.450. The number of carboxylic acids is 1. The lowest BCUT2D eigenvalue weighted by Gasteiger charge is -2.49. The lowest BCUT2D eigenvalue weighted by atomic mass is 10.0. The van der Waals surface area contributed by atoms with Crippen LogP contribution in [-0.2, 0) is 24.0 Å². The van der Waals surface area contributed by atoms with E-state index in [1.165, 1.54) is 11.8 Å². The van der Waals surface area contributed by atoms with Gasteiger partial charge in [0, 0.05) is 17.3 Å². The van der Waals surface area contributed by atoms with Crippen LogP contribution < -0.4 is 16.8 Å². The molecule has 1 fully saturated rings. The van der Waals surface area contributed by atoms with Gasteiger partial charge in [0.05, 0.1) is 20.1 Å². The number of rotatable bonds is 12. The van der Waals surface area contributed by atoms with Crippen LogP contribution >= 0.6 is 23.3 Å². The number of aliphatic carboxylic acids is 1. The first-order chi connectivity index (χ1) is 17.5. The molecule has 17 heteroatoms. The molecule has 1 saturated heterocycles. The maximum Gasteiger partial charge on any atom is 0.352 e. The number of carboxylic acid groups (broad SMARTS) is 1. The molecular formula is C20H26FN8O6S2+. The first-order valence-corrected chi connectivity index (χ1v) is 12.7. The molecule has 3 unspecified atom stereocenters. The van der Waals surface area contributed by atoms with Gasteiger partial charge in [-0.3, -0.25) is 19.3 Å². The highest BCUT2D eigenvalue weighted by atomic mass is 32.2. The summed E-state index contributed by atoms with van der Waals surface area (Å²) in [5.41, 5.74) is 10.6. The number of nitrogens with zero attached hydrogens (tertiary/aromatic N) is 5. The highest BCUT2D eigenvalue weighted by Gasteiger charge is 2.54. The number of thioether (sulfide) groups is 1. The number of allylic oxidation sites excluding steroid dienone is 1. The minimum atomic E-state index is -1.31. The molecule has 0 aliphatic carbocycles. The van der Waals surface area contributed by atoms with Gasteiger partial charge in [-0.15, -0.1) is 11.8 Å². The van der Waals surface area contributed by atoms with Crippen LogP contribution in [0.25, 0.3) is 0 Å². The summed E-state index contributed by atoms with van der Waals surface area (Å²) >= 11 is 2.04. The second-order valence-electron chi connectivity index (χ2n) is 8.32. The van der Waals surface area contributed by atoms with Crippen molar-refractivity contribution in [3.05, 3.63) is 29.2 Å². The number of amides is 3. The molecule has 37 heavy (non-hydrogen) atoms. The number of oxime groups is 1. The number of anilines is 1. The van der Waals surface area contributed by atoms with Crippen LogP contribution in [0.5, 0.6) is 0 Å². The average Bonchev–Trinajstić information content (AvgIpc) is 3.27. The van der Waals surface area contributed by atoms with Crippen LogP contribution in [0, 0.1) is 0 Å². The lowest BCUT2D eigenvalue weighted by Crippen LogP contribution is -2.71. The molecule has 0 radical (unpaired) electrons. The Balaban J connectivity index is 1.76. The minimum absolute atomic E-state index is 0.0361. The fourth-order valence-corrected chi connectivity index (χ4v) is 5.47. The number of likely N-dealkylation sites (N-methyl/N-ethyl adjacent to an activating group) is 1. The van der Waals surface area contributed by atoms with Crippen molar-refractivity contribution >= 4 is 57.8 Å². The number of nitrogens with one attached hydrogen (secondary N) is 1. The third-order valence-corrected chi connectivity index (χ3v) is 7.57. The van der Waals surface area contributed by atoms with E-state index < -0.39 is 47.7 Å². The van der Waals surface area contributed by atoms with Gasteiger partial charge in [0.25, 0.3) is 24.6 Å². The van der Waals surface area contributed by atoms with Crippen molar-refractivity contribution in [2.45, 2.75) is 18.3 Å². The molecule has 0 spiro atoms. The topological polar surface area (TPSA) is 203 Å². The van der Waals surface area contributed by atoms with Crippen LogP contribution in [0.4, 0.5) is 9.52 Å². The predicted octanol–water partition coefficient (Wildman–Crippen LogP) is -0.985. The standard InChI is InChI=1S/C20H25FN8O6S2/c1-3-29(2,7-11(22)30)6-4-5-10-8-36-18-13(17(32)28(18)14(10)19(33)34)24-16(31)12(26-35-9-21)15-25-20(23)37-27-15/h4-5,13,18H,3,6-9H2,1-2H3,(H5-,22,23,24,25,27,30,31,33,34)/p+1/b5-4+,26-12+. The zero-order valence-electron chi connectivity index (χ0n) is 19.9. The zero-order valence-corrected chi connectivity index (χ0v) is 21.6. The van der Waals surface area contributed by atoms with E-state index in [4.69, 9.17) is 11.5 Å². The number of carbonyl (C=O) groups excluding carboxylic acids is 3. The summed E-state index contributed by atoms with van der Waals surface area (Å²) in [5.74, 6) is -3.26. The van der Waals surface area contributed by atoms with E-state index in [1.807, 2.05) is 14.0 Å². The van der Waals surface area contributed by atoms with E-state index in [9.17, 15) is 28.7 Å². The van der Waals surface area contributed by atoms with Crippen LogP contribution in [0.1, 0.15) is 12.7 Å². The number of halogens is 1. The first kappa shape index (κ1) is 28.0. The molecule has 200 valence electrons. The summed E-state index contributed by atoms with van der Waals surface area (Å²) in [5, 5.41) is 15.0. The van der Waals surface area contributed by atoms with E-state index in [1.54, 1.807) is 12.2 Å². The van der Waals surface area contributed by atoms with Gasteiger partial charge >= 0.3 is 5.97 Å². The van der Waals surface area contributed by atoms with E-state index in [2.05, 4.69) is 24.7 Å². The quantitative estimate of drug-likeness (QED) is 0.107. The van der Waals surface area contributed by atoms with E-state index in [0.717, 1.165) is 16.4 Å². The first-order valence-electron chi connectivity index (χ1n) is 10.9. The Morgan fingerprint density at radius 3 is 2.73 bits per heavy atom. The molecular weight excluding hydrogens is 531 g/mol. The number of nitrogens with two attached hydrogens (primary N) is 2. The number of aromatic nitrogens is 2. The molecule has 0 aromatic carbocycles. The molecule has 3 heterocycles. The van der Waals surface area contributed by atoms with E-state index >= 15 is 0 Å². The summed E-state index contributed by atoms with van der Waals surface area (Å²) < 4.78 is 16.7. The average molecular weight is 558 g/mol. The molecule has 1 aromatic rings. The van der Waals surface area contributed by atoms with Gasteiger partial charge in [0.15, 0.2) is 11.7 Å². The Hall–Kier alpha value is -3.57. The maximum atomic E-state index is 12.9. The van der Waals surface area contributed by atoms with Gasteiger partial charge in [0.2, 0.25) is 11.5 Å². The number of hydrogen-bond acceptors (Lipinski definition) is 11. The second kappa shape index (κ2) is 11.7. The molecule has 3 rings (SSSR count). The van der Waals surface area contributed by atoms with Crippen molar-refractivity contribution < 1.29 is 38.0 Å². The van der Waals surface area contributed by atoms with Crippen LogP contribution in [0.3, 0.4) is 0 Å². The second-order valence-corrected chi connectivity index (χ2v) is 10.2. The summed E-state index contributed by atoms with van der Waals surface area (Å²) in [7, 11) is 1.85. The van der Waals surface area contributed by atoms with Gasteiger partial charge < -0.3 is 31.2 Å². The Labute approximate surface area is 218 Å². The Morgan fingerprint density at radius 1 is 1.43 bits per heavy atom. The normalized spacial score (nSPS) is 21.3. The highest BCUT2D eigenvalue weighted by Crippen LogP contribution is 2.40. The zero-order chi connectivity index (χ0) is 27.3. The SMILES string of the molecule is CC[N+](C)(C/C=C/C1=C(C(=O)O)N2C(=O)C(NC(=O)/C(=N/OCF)c3nsc(N)n3)C2SC1)CC(N)=O.